The zero-order chi connectivity index (χ0) is 12.6. The van der Waals surface area contributed by atoms with Crippen molar-refractivity contribution in [3.8, 4) is 0 Å². The van der Waals surface area contributed by atoms with E-state index >= 15 is 0 Å². The van der Waals surface area contributed by atoms with Crippen LogP contribution in [0.4, 0.5) is 5.69 Å². The van der Waals surface area contributed by atoms with E-state index in [9.17, 15) is 18.5 Å². The van der Waals surface area contributed by atoms with Crippen LogP contribution >= 0.6 is 0 Å². The summed E-state index contributed by atoms with van der Waals surface area (Å²) in [6, 6.07) is 5.29. The van der Waals surface area contributed by atoms with Gasteiger partial charge < -0.3 is 0 Å². The molecule has 0 spiro atoms. The lowest BCUT2D eigenvalue weighted by atomic mass is 10.0. The van der Waals surface area contributed by atoms with E-state index in [0.29, 0.717) is 5.56 Å². The second-order valence-corrected chi connectivity index (χ2v) is 5.97. The first-order chi connectivity index (χ1) is 7.16. The van der Waals surface area contributed by atoms with E-state index in [1.165, 1.54) is 38.1 Å². The number of primary sulfonamides is 1. The van der Waals surface area contributed by atoms with Gasteiger partial charge in [0.1, 0.15) is 4.75 Å². The van der Waals surface area contributed by atoms with E-state index in [-0.39, 0.29) is 5.69 Å². The summed E-state index contributed by atoms with van der Waals surface area (Å²) in [6.45, 7) is 2.90. The Kier molecular flexibility index (Phi) is 3.02. The van der Waals surface area contributed by atoms with Crippen LogP contribution < -0.4 is 5.14 Å². The van der Waals surface area contributed by atoms with Crippen molar-refractivity contribution in [2.45, 2.75) is 18.6 Å². The Hall–Kier alpha value is -1.47. The molecule has 16 heavy (non-hydrogen) atoms. The number of nitrogens with two attached hydrogens (primary N) is 1. The van der Waals surface area contributed by atoms with Crippen molar-refractivity contribution in [2.75, 3.05) is 0 Å². The van der Waals surface area contributed by atoms with Crippen LogP contribution in [0.5, 0.6) is 0 Å². The zero-order valence-electron chi connectivity index (χ0n) is 8.88. The summed E-state index contributed by atoms with van der Waals surface area (Å²) in [5, 5.41) is 15.5. The number of hydrogen-bond acceptors (Lipinski definition) is 4. The highest BCUT2D eigenvalue weighted by Crippen LogP contribution is 2.28. The van der Waals surface area contributed by atoms with Gasteiger partial charge in [-0.05, 0) is 19.4 Å². The van der Waals surface area contributed by atoms with Crippen molar-refractivity contribution in [1.82, 2.24) is 0 Å². The summed E-state index contributed by atoms with van der Waals surface area (Å²) in [5.74, 6) is 0. The molecule has 0 aliphatic heterocycles. The molecule has 88 valence electrons. The van der Waals surface area contributed by atoms with Gasteiger partial charge in [0.2, 0.25) is 10.0 Å². The number of hydrogen-bond donors (Lipinski definition) is 1. The molecule has 0 heterocycles. The lowest BCUT2D eigenvalue weighted by Gasteiger charge is -2.22. The van der Waals surface area contributed by atoms with Crippen LogP contribution in [-0.2, 0) is 14.8 Å². The zero-order valence-corrected chi connectivity index (χ0v) is 9.69. The first-order valence-corrected chi connectivity index (χ1v) is 5.98. The number of sulfonamides is 1. The van der Waals surface area contributed by atoms with Crippen LogP contribution in [0.3, 0.4) is 0 Å². The summed E-state index contributed by atoms with van der Waals surface area (Å²) >= 11 is 0. The SMILES string of the molecule is CC(C)(c1ccc([N+](=O)[O-])cc1)S(N)(=O)=O. The average molecular weight is 244 g/mol. The predicted octanol–water partition coefficient (Wildman–Crippen LogP) is 1.12. The Morgan fingerprint density at radius 2 is 1.69 bits per heavy atom. The number of non-ortho nitro benzene ring substituents is 1. The molecule has 6 nitrogen and oxygen atoms in total. The van der Waals surface area contributed by atoms with E-state index in [0.717, 1.165) is 0 Å². The fourth-order valence-electron chi connectivity index (χ4n) is 1.15. The van der Waals surface area contributed by atoms with Gasteiger partial charge >= 0.3 is 0 Å². The van der Waals surface area contributed by atoms with Crippen molar-refractivity contribution in [2.24, 2.45) is 5.14 Å². The summed E-state index contributed by atoms with van der Waals surface area (Å²) < 4.78 is 21.4. The van der Waals surface area contributed by atoms with E-state index < -0.39 is 19.7 Å². The molecule has 7 heteroatoms. The topological polar surface area (TPSA) is 103 Å². The smallest absolute Gasteiger partial charge is 0.258 e. The highest BCUT2D eigenvalue weighted by atomic mass is 32.2. The lowest BCUT2D eigenvalue weighted by molar-refractivity contribution is -0.384. The summed E-state index contributed by atoms with van der Waals surface area (Å²) in [5.41, 5.74) is 0.328. The third-order valence-corrected chi connectivity index (χ3v) is 4.14. The van der Waals surface area contributed by atoms with Gasteiger partial charge in [-0.3, -0.25) is 10.1 Å². The highest BCUT2D eigenvalue weighted by molar-refractivity contribution is 7.90. The lowest BCUT2D eigenvalue weighted by Crippen LogP contribution is -2.35. The van der Waals surface area contributed by atoms with Crippen LogP contribution in [0.25, 0.3) is 0 Å². The quantitative estimate of drug-likeness (QED) is 0.635. The fourth-order valence-corrected chi connectivity index (χ4v) is 1.61. The number of rotatable bonds is 3. The minimum atomic E-state index is -3.76. The van der Waals surface area contributed by atoms with Crippen LogP contribution in [0.15, 0.2) is 24.3 Å². The molecule has 0 aliphatic carbocycles. The Labute approximate surface area is 93.3 Å². The Morgan fingerprint density at radius 3 is 2.00 bits per heavy atom. The van der Waals surface area contributed by atoms with E-state index in [1.54, 1.807) is 0 Å². The molecular formula is C9H12N2O4S. The molecular weight excluding hydrogens is 232 g/mol. The molecule has 1 rings (SSSR count). The molecule has 0 unspecified atom stereocenters. The largest absolute Gasteiger partial charge is 0.269 e. The van der Waals surface area contributed by atoms with E-state index in [1.807, 2.05) is 0 Å². The minimum Gasteiger partial charge on any atom is -0.258 e. The van der Waals surface area contributed by atoms with E-state index in [4.69, 9.17) is 5.14 Å². The molecule has 0 amide bonds. The molecule has 0 radical (unpaired) electrons. The Balaban J connectivity index is 3.22. The monoisotopic (exact) mass is 244 g/mol. The maximum atomic E-state index is 11.3. The van der Waals surface area contributed by atoms with Crippen molar-refractivity contribution in [3.63, 3.8) is 0 Å². The van der Waals surface area contributed by atoms with Gasteiger partial charge in [0, 0.05) is 12.1 Å². The van der Waals surface area contributed by atoms with Crippen molar-refractivity contribution < 1.29 is 13.3 Å². The molecule has 0 aliphatic rings. The average Bonchev–Trinajstić information content (AvgIpc) is 2.16. The van der Waals surface area contributed by atoms with Crippen molar-refractivity contribution in [1.29, 1.82) is 0 Å². The third kappa shape index (κ3) is 2.20. The molecule has 0 bridgehead atoms. The van der Waals surface area contributed by atoms with Crippen LogP contribution in [0, 0.1) is 10.1 Å². The third-order valence-electron chi connectivity index (χ3n) is 2.48. The van der Waals surface area contributed by atoms with Crippen LogP contribution in [0.1, 0.15) is 19.4 Å². The van der Waals surface area contributed by atoms with Gasteiger partial charge in [0.25, 0.3) is 5.69 Å². The summed E-state index contributed by atoms with van der Waals surface area (Å²) in [7, 11) is -3.76. The summed E-state index contributed by atoms with van der Waals surface area (Å²) in [4.78, 5) is 9.87. The van der Waals surface area contributed by atoms with Gasteiger partial charge in [0.15, 0.2) is 0 Å². The molecule has 0 saturated heterocycles. The fraction of sp³-hybridized carbons (Fsp3) is 0.333. The van der Waals surface area contributed by atoms with Gasteiger partial charge in [-0.15, -0.1) is 0 Å². The second kappa shape index (κ2) is 3.84. The number of nitrogens with zero attached hydrogens (tertiary/aromatic N) is 1. The summed E-state index contributed by atoms with van der Waals surface area (Å²) in [6.07, 6.45) is 0. The molecule has 2 N–H and O–H groups in total. The molecule has 1 aromatic rings. The highest BCUT2D eigenvalue weighted by Gasteiger charge is 2.33. The Bertz CT molecular complexity index is 505. The predicted molar refractivity (Wildman–Crippen MR) is 59.2 cm³/mol. The van der Waals surface area contributed by atoms with Gasteiger partial charge in [-0.2, -0.15) is 0 Å². The number of nitro benzene ring substituents is 1. The normalized spacial score (nSPS) is 12.4. The standard InChI is InChI=1S/C9H12N2O4S/c1-9(2,16(10,14)15)7-3-5-8(6-4-7)11(12)13/h3-6H,1-2H3,(H2,10,14,15). The van der Waals surface area contributed by atoms with Crippen molar-refractivity contribution in [3.05, 3.63) is 39.9 Å². The van der Waals surface area contributed by atoms with Gasteiger partial charge in [-0.1, -0.05) is 12.1 Å². The maximum absolute atomic E-state index is 11.3. The van der Waals surface area contributed by atoms with Gasteiger partial charge in [-0.25, -0.2) is 13.6 Å². The molecule has 0 saturated carbocycles. The van der Waals surface area contributed by atoms with Crippen LogP contribution in [-0.4, -0.2) is 13.3 Å². The molecule has 0 atom stereocenters. The number of benzene rings is 1. The van der Waals surface area contributed by atoms with Crippen LogP contribution in [0.2, 0.25) is 0 Å². The minimum absolute atomic E-state index is 0.0889. The first-order valence-electron chi connectivity index (χ1n) is 4.43. The van der Waals surface area contributed by atoms with E-state index in [2.05, 4.69) is 0 Å². The maximum Gasteiger partial charge on any atom is 0.269 e. The molecule has 0 aromatic heterocycles. The first kappa shape index (κ1) is 12.6. The second-order valence-electron chi connectivity index (χ2n) is 3.86. The van der Waals surface area contributed by atoms with Crippen molar-refractivity contribution >= 4 is 15.7 Å². The van der Waals surface area contributed by atoms with Gasteiger partial charge in [0.05, 0.1) is 4.92 Å². The Morgan fingerprint density at radius 1 is 1.25 bits per heavy atom. The molecule has 1 aromatic carbocycles. The number of nitro groups is 1. The molecule has 0 fully saturated rings.